The molecule has 1 heterocycles. The van der Waals surface area contributed by atoms with Crippen LogP contribution in [-0.4, -0.2) is 13.1 Å². The number of hydrogen-bond acceptors (Lipinski definition) is 1. The van der Waals surface area contributed by atoms with Gasteiger partial charge < -0.3 is 5.32 Å². The van der Waals surface area contributed by atoms with Gasteiger partial charge in [-0.15, -0.1) is 0 Å². The number of nitrogens with one attached hydrogen (secondary N) is 1. The molecule has 20 heavy (non-hydrogen) atoms. The highest BCUT2D eigenvalue weighted by Gasteiger charge is 2.39. The average molecular weight is 399 g/mol. The maximum Gasteiger partial charge on any atom is 0.126 e. The largest absolute Gasteiger partial charge is 0.315 e. The molecule has 2 aromatic rings. The first kappa shape index (κ1) is 14.2. The van der Waals surface area contributed by atoms with Gasteiger partial charge in [-0.3, -0.25) is 0 Å². The summed E-state index contributed by atoms with van der Waals surface area (Å²) < 4.78 is 16.0. The van der Waals surface area contributed by atoms with Crippen molar-refractivity contribution in [2.45, 2.75) is 11.8 Å². The third kappa shape index (κ3) is 2.69. The third-order valence-corrected chi connectivity index (χ3v) is 4.94. The fourth-order valence-electron chi connectivity index (χ4n) is 2.70. The molecule has 2 aromatic carbocycles. The van der Waals surface area contributed by atoms with E-state index < -0.39 is 0 Å². The van der Waals surface area contributed by atoms with Crippen molar-refractivity contribution < 1.29 is 4.39 Å². The highest BCUT2D eigenvalue weighted by Crippen LogP contribution is 2.34. The van der Waals surface area contributed by atoms with E-state index in [9.17, 15) is 4.39 Å². The smallest absolute Gasteiger partial charge is 0.126 e. The van der Waals surface area contributed by atoms with Crippen LogP contribution in [-0.2, 0) is 11.8 Å². The molecule has 0 amide bonds. The third-order valence-electron chi connectivity index (χ3n) is 3.92. The summed E-state index contributed by atoms with van der Waals surface area (Å²) in [6.45, 7) is 1.78. The summed E-state index contributed by atoms with van der Waals surface area (Å²) in [5.74, 6) is -0.128. The molecule has 0 saturated carbocycles. The number of benzene rings is 2. The van der Waals surface area contributed by atoms with E-state index in [1.54, 1.807) is 6.07 Å². The second-order valence-electron chi connectivity index (χ2n) is 5.30. The van der Waals surface area contributed by atoms with Crippen molar-refractivity contribution in [2.24, 2.45) is 0 Å². The Hall–Kier alpha value is -0.710. The Labute approximate surface area is 134 Å². The van der Waals surface area contributed by atoms with Crippen molar-refractivity contribution >= 4 is 31.9 Å². The van der Waals surface area contributed by atoms with Crippen molar-refractivity contribution in [1.82, 2.24) is 5.32 Å². The molecule has 1 fully saturated rings. The lowest BCUT2D eigenvalue weighted by atomic mass is 9.71. The second-order valence-corrected chi connectivity index (χ2v) is 7.13. The molecule has 1 N–H and O–H groups in total. The van der Waals surface area contributed by atoms with Gasteiger partial charge in [0.25, 0.3) is 0 Å². The van der Waals surface area contributed by atoms with Crippen LogP contribution < -0.4 is 5.32 Å². The van der Waals surface area contributed by atoms with Crippen molar-refractivity contribution in [3.8, 4) is 0 Å². The van der Waals surface area contributed by atoms with Gasteiger partial charge in [-0.2, -0.15) is 0 Å². The summed E-state index contributed by atoms with van der Waals surface area (Å²) in [6.07, 6.45) is 0.715. The minimum atomic E-state index is -0.128. The minimum absolute atomic E-state index is 0.00231. The lowest BCUT2D eigenvalue weighted by molar-refractivity contribution is 0.272. The molecule has 1 saturated heterocycles. The molecule has 0 bridgehead atoms. The van der Waals surface area contributed by atoms with E-state index >= 15 is 0 Å². The fraction of sp³-hybridized carbons (Fsp3) is 0.250. The Balaban J connectivity index is 1.93. The molecule has 0 unspecified atom stereocenters. The Morgan fingerprint density at radius 2 is 1.65 bits per heavy atom. The molecule has 104 valence electrons. The van der Waals surface area contributed by atoms with Crippen LogP contribution in [0.5, 0.6) is 0 Å². The zero-order valence-electron chi connectivity index (χ0n) is 10.8. The molecule has 3 rings (SSSR count). The normalized spacial score (nSPS) is 16.8. The summed E-state index contributed by atoms with van der Waals surface area (Å²) in [5, 5.41) is 3.32. The van der Waals surface area contributed by atoms with E-state index in [2.05, 4.69) is 49.3 Å². The van der Waals surface area contributed by atoms with Crippen LogP contribution in [0.1, 0.15) is 11.1 Å². The molecule has 0 spiro atoms. The first-order chi connectivity index (χ1) is 9.59. The molecule has 0 aliphatic carbocycles. The van der Waals surface area contributed by atoms with Crippen LogP contribution in [0.25, 0.3) is 0 Å². The average Bonchev–Trinajstić information content (AvgIpc) is 2.39. The first-order valence-corrected chi connectivity index (χ1v) is 8.08. The Bertz CT molecular complexity index is 621. The molecule has 4 heteroatoms. The van der Waals surface area contributed by atoms with Crippen molar-refractivity contribution in [2.75, 3.05) is 13.1 Å². The molecule has 1 nitrogen and oxygen atoms in total. The second kappa shape index (κ2) is 5.58. The maximum absolute atomic E-state index is 14.0. The van der Waals surface area contributed by atoms with E-state index in [0.717, 1.165) is 27.6 Å². The summed E-state index contributed by atoms with van der Waals surface area (Å²) in [4.78, 5) is 0. The van der Waals surface area contributed by atoms with Gasteiger partial charge in [-0.25, -0.2) is 4.39 Å². The van der Waals surface area contributed by atoms with E-state index in [0.29, 0.717) is 6.42 Å². The lowest BCUT2D eigenvalue weighted by Gasteiger charge is -2.43. The summed E-state index contributed by atoms with van der Waals surface area (Å²) in [6, 6.07) is 13.5. The molecule has 1 aliphatic rings. The highest BCUT2D eigenvalue weighted by molar-refractivity contribution is 9.10. The summed E-state index contributed by atoms with van der Waals surface area (Å²) in [7, 11) is 0. The number of rotatable bonds is 3. The molecule has 0 atom stereocenters. The van der Waals surface area contributed by atoms with Crippen molar-refractivity contribution in [3.63, 3.8) is 0 Å². The molecule has 0 radical (unpaired) electrons. The van der Waals surface area contributed by atoms with E-state index in [1.165, 1.54) is 11.6 Å². The van der Waals surface area contributed by atoms with Gasteiger partial charge in [0.1, 0.15) is 5.82 Å². The quantitative estimate of drug-likeness (QED) is 0.806. The molecular weight excluding hydrogens is 385 g/mol. The molecule has 1 aliphatic heterocycles. The Morgan fingerprint density at radius 3 is 2.25 bits per heavy atom. The predicted molar refractivity (Wildman–Crippen MR) is 86.5 cm³/mol. The Kier molecular flexibility index (Phi) is 3.98. The van der Waals surface area contributed by atoms with E-state index in [4.69, 9.17) is 0 Å². The summed E-state index contributed by atoms with van der Waals surface area (Å²) >= 11 is 6.88. The van der Waals surface area contributed by atoms with Crippen LogP contribution in [0.4, 0.5) is 4.39 Å². The van der Waals surface area contributed by atoms with Crippen molar-refractivity contribution in [1.29, 1.82) is 0 Å². The standard InChI is InChI=1S/C16H14Br2FN/c17-13-3-1-12(2-4-13)16(9-20-10-16)8-11-7-14(18)5-6-15(11)19/h1-7,20H,8-10H2. The maximum atomic E-state index is 14.0. The zero-order valence-corrected chi connectivity index (χ0v) is 14.0. The number of hydrogen-bond donors (Lipinski definition) is 1. The van der Waals surface area contributed by atoms with Crippen LogP contribution in [0, 0.1) is 5.82 Å². The zero-order chi connectivity index (χ0) is 14.2. The van der Waals surface area contributed by atoms with Gasteiger partial charge in [-0.1, -0.05) is 44.0 Å². The number of halogens is 3. The van der Waals surface area contributed by atoms with E-state index in [1.807, 2.05) is 18.2 Å². The SMILES string of the molecule is Fc1ccc(Br)cc1CC1(c2ccc(Br)cc2)CNC1. The van der Waals surface area contributed by atoms with Gasteiger partial charge in [0.2, 0.25) is 0 Å². The van der Waals surface area contributed by atoms with Crippen LogP contribution in [0.15, 0.2) is 51.4 Å². The molecule has 0 aromatic heterocycles. The monoisotopic (exact) mass is 397 g/mol. The van der Waals surface area contributed by atoms with Crippen molar-refractivity contribution in [3.05, 3.63) is 68.4 Å². The first-order valence-electron chi connectivity index (χ1n) is 6.50. The van der Waals surface area contributed by atoms with Crippen LogP contribution >= 0.6 is 31.9 Å². The molecular formula is C16H14Br2FN. The van der Waals surface area contributed by atoms with Gasteiger partial charge in [0, 0.05) is 27.4 Å². The highest BCUT2D eigenvalue weighted by atomic mass is 79.9. The fourth-order valence-corrected chi connectivity index (χ4v) is 3.38. The Morgan fingerprint density at radius 1 is 1.00 bits per heavy atom. The predicted octanol–water partition coefficient (Wildman–Crippen LogP) is 4.43. The summed E-state index contributed by atoms with van der Waals surface area (Å²) in [5.41, 5.74) is 2.03. The van der Waals surface area contributed by atoms with Crippen LogP contribution in [0.3, 0.4) is 0 Å². The van der Waals surface area contributed by atoms with Gasteiger partial charge in [0.05, 0.1) is 0 Å². The topological polar surface area (TPSA) is 12.0 Å². The van der Waals surface area contributed by atoms with Crippen LogP contribution in [0.2, 0.25) is 0 Å². The van der Waals surface area contributed by atoms with Gasteiger partial charge in [0.15, 0.2) is 0 Å². The minimum Gasteiger partial charge on any atom is -0.315 e. The lowest BCUT2D eigenvalue weighted by Crippen LogP contribution is -2.58. The van der Waals surface area contributed by atoms with Gasteiger partial charge >= 0.3 is 0 Å². The van der Waals surface area contributed by atoms with Gasteiger partial charge in [-0.05, 0) is 47.9 Å². The van der Waals surface area contributed by atoms with E-state index in [-0.39, 0.29) is 11.2 Å².